The zero-order valence-electron chi connectivity index (χ0n) is 9.84. The van der Waals surface area contributed by atoms with E-state index in [0.717, 1.165) is 32.5 Å². The van der Waals surface area contributed by atoms with Crippen LogP contribution < -0.4 is 0 Å². The fourth-order valence-corrected chi connectivity index (χ4v) is 2.17. The summed E-state index contributed by atoms with van der Waals surface area (Å²) in [6, 6.07) is 0.278. The summed E-state index contributed by atoms with van der Waals surface area (Å²) in [5, 5.41) is 9.60. The van der Waals surface area contributed by atoms with Gasteiger partial charge in [-0.15, -0.1) is 0 Å². The number of hydrogen-bond acceptors (Lipinski definition) is 3. The van der Waals surface area contributed by atoms with Crippen LogP contribution in [0.4, 0.5) is 0 Å². The number of likely N-dealkylation sites (tertiary alicyclic amines) is 1. The number of piperidine rings is 1. The molecule has 0 aromatic carbocycles. The summed E-state index contributed by atoms with van der Waals surface area (Å²) in [4.78, 5) is 6.72. The predicted octanol–water partition coefficient (Wildman–Crippen LogP) is 1.40. The van der Waals surface area contributed by atoms with Gasteiger partial charge in [-0.1, -0.05) is 18.2 Å². The van der Waals surface area contributed by atoms with Crippen molar-refractivity contribution in [1.82, 2.24) is 4.90 Å². The lowest BCUT2D eigenvalue weighted by molar-refractivity contribution is 0.0764. The lowest BCUT2D eigenvalue weighted by Gasteiger charge is -2.30. The van der Waals surface area contributed by atoms with Crippen LogP contribution >= 0.6 is 0 Å². The Hall–Kier alpha value is -0.930. The first kappa shape index (κ1) is 11.6. The number of hydrogen-bond donors (Lipinski definition) is 1. The van der Waals surface area contributed by atoms with Gasteiger partial charge in [0.05, 0.1) is 12.1 Å². The van der Waals surface area contributed by atoms with Gasteiger partial charge in [-0.3, -0.25) is 9.89 Å². The van der Waals surface area contributed by atoms with Gasteiger partial charge in [0.25, 0.3) is 0 Å². The maximum Gasteiger partial charge on any atom is 0.0667 e. The summed E-state index contributed by atoms with van der Waals surface area (Å²) in [7, 11) is 0. The Kier molecular flexibility index (Phi) is 3.91. The Bertz CT molecular complexity index is 320. The molecular weight excluding hydrogens is 200 g/mol. The Morgan fingerprint density at radius 3 is 3.25 bits per heavy atom. The van der Waals surface area contributed by atoms with Crippen LogP contribution in [0, 0.1) is 0 Å². The van der Waals surface area contributed by atoms with Gasteiger partial charge in [-0.25, -0.2) is 0 Å². The molecule has 0 aromatic rings. The topological polar surface area (TPSA) is 35.8 Å². The van der Waals surface area contributed by atoms with Gasteiger partial charge in [0, 0.05) is 19.3 Å². The molecule has 3 heteroatoms. The minimum atomic E-state index is -0.147. The summed E-state index contributed by atoms with van der Waals surface area (Å²) in [6.07, 6.45) is 10.1. The van der Waals surface area contributed by atoms with Crippen LogP contribution in [-0.4, -0.2) is 48.0 Å². The first-order chi connectivity index (χ1) is 7.74. The zero-order chi connectivity index (χ0) is 11.4. The first-order valence-corrected chi connectivity index (χ1v) is 6.05. The van der Waals surface area contributed by atoms with E-state index in [1.165, 1.54) is 5.57 Å². The molecule has 2 heterocycles. The van der Waals surface area contributed by atoms with Crippen LogP contribution in [0.1, 0.15) is 19.8 Å². The number of aliphatic hydroxyl groups is 1. The third-order valence-electron chi connectivity index (χ3n) is 3.06. The molecule has 0 amide bonds. The predicted molar refractivity (Wildman–Crippen MR) is 66.9 cm³/mol. The smallest absolute Gasteiger partial charge is 0.0667 e. The lowest BCUT2D eigenvalue weighted by atomic mass is 10.1. The second-order valence-corrected chi connectivity index (χ2v) is 4.68. The van der Waals surface area contributed by atoms with Gasteiger partial charge in [0.1, 0.15) is 0 Å². The van der Waals surface area contributed by atoms with Crippen molar-refractivity contribution in [3.8, 4) is 0 Å². The molecule has 3 nitrogen and oxygen atoms in total. The van der Waals surface area contributed by atoms with Crippen molar-refractivity contribution >= 4 is 6.21 Å². The largest absolute Gasteiger partial charge is 0.392 e. The molecule has 0 bridgehead atoms. The third kappa shape index (κ3) is 3.29. The molecule has 2 rings (SSSR count). The van der Waals surface area contributed by atoms with Crippen LogP contribution in [-0.2, 0) is 0 Å². The number of aliphatic hydroxyl groups excluding tert-OH is 1. The average Bonchev–Trinajstić information content (AvgIpc) is 2.44. The maximum atomic E-state index is 9.60. The maximum absolute atomic E-state index is 9.60. The molecule has 2 atom stereocenters. The number of rotatable bonds is 2. The summed E-state index contributed by atoms with van der Waals surface area (Å²) in [5.41, 5.74) is 1.23. The normalized spacial score (nSPS) is 31.2. The van der Waals surface area contributed by atoms with Gasteiger partial charge >= 0.3 is 0 Å². The molecule has 0 aromatic heterocycles. The van der Waals surface area contributed by atoms with Crippen molar-refractivity contribution < 1.29 is 5.11 Å². The van der Waals surface area contributed by atoms with Gasteiger partial charge in [-0.05, 0) is 31.9 Å². The fraction of sp³-hybridized carbons (Fsp3) is 0.615. The average molecular weight is 220 g/mol. The van der Waals surface area contributed by atoms with E-state index in [4.69, 9.17) is 0 Å². The van der Waals surface area contributed by atoms with Gasteiger partial charge in [0.2, 0.25) is 0 Å². The highest BCUT2D eigenvalue weighted by atomic mass is 16.3. The van der Waals surface area contributed by atoms with Gasteiger partial charge in [0.15, 0.2) is 0 Å². The van der Waals surface area contributed by atoms with E-state index in [-0.39, 0.29) is 12.1 Å². The Balaban J connectivity index is 1.91. The fourth-order valence-electron chi connectivity index (χ4n) is 2.17. The molecule has 2 aliphatic rings. The second kappa shape index (κ2) is 5.41. The molecule has 2 aliphatic heterocycles. The van der Waals surface area contributed by atoms with Crippen LogP contribution in [0.15, 0.2) is 28.8 Å². The van der Waals surface area contributed by atoms with E-state index in [1.54, 1.807) is 0 Å². The van der Waals surface area contributed by atoms with Gasteiger partial charge in [-0.2, -0.15) is 0 Å². The summed E-state index contributed by atoms with van der Waals surface area (Å²) in [5.74, 6) is 0. The van der Waals surface area contributed by atoms with Crippen molar-refractivity contribution in [2.24, 2.45) is 4.99 Å². The molecule has 1 fully saturated rings. The molecule has 0 radical (unpaired) electrons. The molecule has 0 spiro atoms. The monoisotopic (exact) mass is 220 g/mol. The summed E-state index contributed by atoms with van der Waals surface area (Å²) in [6.45, 7) is 4.86. The van der Waals surface area contributed by atoms with Crippen molar-refractivity contribution in [2.45, 2.75) is 31.9 Å². The Morgan fingerprint density at radius 2 is 2.44 bits per heavy atom. The van der Waals surface area contributed by atoms with E-state index in [9.17, 15) is 5.11 Å². The number of β-amino-alcohol motifs (C(OH)–C–C–N with tert-alkyl or cyclic N) is 1. The van der Waals surface area contributed by atoms with E-state index < -0.39 is 0 Å². The minimum absolute atomic E-state index is 0.147. The molecule has 0 saturated carbocycles. The number of aliphatic imine (C=N–C) groups is 1. The first-order valence-electron chi connectivity index (χ1n) is 6.05. The van der Waals surface area contributed by atoms with E-state index in [2.05, 4.69) is 35.0 Å². The SMILES string of the molecule is CC1C=CC=C(CN2CCCC(O)C2)C=N1. The molecular formula is C13H20N2O. The van der Waals surface area contributed by atoms with Crippen molar-refractivity contribution in [3.05, 3.63) is 23.8 Å². The van der Waals surface area contributed by atoms with E-state index >= 15 is 0 Å². The Labute approximate surface area is 97.2 Å². The quantitative estimate of drug-likeness (QED) is 0.763. The van der Waals surface area contributed by atoms with Crippen LogP contribution in [0.25, 0.3) is 0 Å². The summed E-state index contributed by atoms with van der Waals surface area (Å²) < 4.78 is 0. The van der Waals surface area contributed by atoms with Gasteiger partial charge < -0.3 is 5.11 Å². The standard InChI is InChI=1S/C13H20N2O/c1-11-4-2-5-12(8-14-11)9-15-7-3-6-13(16)10-15/h2,4-5,8,11,13,16H,3,6-7,9-10H2,1H3. The van der Waals surface area contributed by atoms with Crippen molar-refractivity contribution in [2.75, 3.05) is 19.6 Å². The van der Waals surface area contributed by atoms with Crippen LogP contribution in [0.2, 0.25) is 0 Å². The second-order valence-electron chi connectivity index (χ2n) is 4.68. The molecule has 1 N–H and O–H groups in total. The van der Waals surface area contributed by atoms with E-state index in [0.29, 0.717) is 0 Å². The minimum Gasteiger partial charge on any atom is -0.392 e. The third-order valence-corrected chi connectivity index (χ3v) is 3.06. The molecule has 88 valence electrons. The molecule has 2 unspecified atom stereocenters. The lowest BCUT2D eigenvalue weighted by Crippen LogP contribution is -2.39. The Morgan fingerprint density at radius 1 is 1.56 bits per heavy atom. The summed E-state index contributed by atoms with van der Waals surface area (Å²) >= 11 is 0. The number of nitrogens with zero attached hydrogens (tertiary/aromatic N) is 2. The zero-order valence-corrected chi connectivity index (χ0v) is 9.84. The number of allylic oxidation sites excluding steroid dienone is 2. The highest BCUT2D eigenvalue weighted by molar-refractivity contribution is 5.80. The highest BCUT2D eigenvalue weighted by Gasteiger charge is 2.17. The highest BCUT2D eigenvalue weighted by Crippen LogP contribution is 2.12. The van der Waals surface area contributed by atoms with Crippen LogP contribution in [0.5, 0.6) is 0 Å². The van der Waals surface area contributed by atoms with Crippen LogP contribution in [0.3, 0.4) is 0 Å². The molecule has 1 saturated heterocycles. The molecule has 16 heavy (non-hydrogen) atoms. The van der Waals surface area contributed by atoms with Crippen molar-refractivity contribution in [3.63, 3.8) is 0 Å². The van der Waals surface area contributed by atoms with Crippen molar-refractivity contribution in [1.29, 1.82) is 0 Å². The van der Waals surface area contributed by atoms with E-state index in [1.807, 2.05) is 6.21 Å². The molecule has 0 aliphatic carbocycles.